The van der Waals surface area contributed by atoms with Crippen LogP contribution in [0.3, 0.4) is 0 Å². The maximum Gasteiger partial charge on any atom is 0.214 e. The van der Waals surface area contributed by atoms with Crippen LogP contribution in [0.2, 0.25) is 5.02 Å². The fourth-order valence-corrected chi connectivity index (χ4v) is 3.66. The van der Waals surface area contributed by atoms with E-state index in [2.05, 4.69) is 20.8 Å². The van der Waals surface area contributed by atoms with Gasteiger partial charge in [0, 0.05) is 22.9 Å². The second kappa shape index (κ2) is 10.5. The largest absolute Gasteiger partial charge is 0.491 e. The smallest absolute Gasteiger partial charge is 0.214 e. The molecule has 0 amide bonds. The monoisotopic (exact) mass is 417 g/mol. The summed E-state index contributed by atoms with van der Waals surface area (Å²) in [6.45, 7) is 5.64. The first-order valence-corrected chi connectivity index (χ1v) is 10.6. The number of nitrogens with zero attached hydrogens (tertiary/aromatic N) is 4. The molecule has 0 saturated carbocycles. The van der Waals surface area contributed by atoms with Crippen molar-refractivity contribution < 1.29 is 4.74 Å². The molecule has 1 heterocycles. The third kappa shape index (κ3) is 5.95. The van der Waals surface area contributed by atoms with Crippen LogP contribution >= 0.6 is 23.4 Å². The molecule has 0 aliphatic rings. The number of thioether (sulfide) groups is 1. The number of benzene rings is 2. The van der Waals surface area contributed by atoms with E-state index >= 15 is 0 Å². The molecule has 0 radical (unpaired) electrons. The number of hydrogen-bond acceptors (Lipinski definition) is 6. The number of para-hydroxylation sites is 1. The summed E-state index contributed by atoms with van der Waals surface area (Å²) >= 11 is 7.78. The summed E-state index contributed by atoms with van der Waals surface area (Å²) in [4.78, 5) is 0. The number of tetrazole rings is 1. The Labute approximate surface area is 174 Å². The third-order valence-corrected chi connectivity index (χ3v) is 5.11. The van der Waals surface area contributed by atoms with E-state index in [1.807, 2.05) is 62.4 Å². The van der Waals surface area contributed by atoms with Gasteiger partial charge in [-0.05, 0) is 67.6 Å². The van der Waals surface area contributed by atoms with E-state index in [-0.39, 0.29) is 6.10 Å². The highest BCUT2D eigenvalue weighted by molar-refractivity contribution is 7.99. The van der Waals surface area contributed by atoms with Crippen LogP contribution in [0.1, 0.15) is 25.8 Å². The van der Waals surface area contributed by atoms with Gasteiger partial charge in [-0.25, -0.2) is 0 Å². The fraction of sp³-hybridized carbons (Fsp3) is 0.350. The van der Waals surface area contributed by atoms with Gasteiger partial charge in [0.05, 0.1) is 11.8 Å². The molecule has 0 bridgehead atoms. The number of nitrogens with one attached hydrogen (secondary N) is 1. The molecule has 6 nitrogen and oxygen atoms in total. The summed E-state index contributed by atoms with van der Waals surface area (Å²) in [5.74, 6) is 1.80. The highest BCUT2D eigenvalue weighted by Crippen LogP contribution is 2.24. The Morgan fingerprint density at radius 2 is 2.00 bits per heavy atom. The van der Waals surface area contributed by atoms with Crippen LogP contribution < -0.4 is 10.1 Å². The van der Waals surface area contributed by atoms with Crippen molar-refractivity contribution in [3.63, 3.8) is 0 Å². The first-order chi connectivity index (χ1) is 13.6. The van der Waals surface area contributed by atoms with Crippen molar-refractivity contribution >= 4 is 23.4 Å². The van der Waals surface area contributed by atoms with Crippen LogP contribution in [-0.2, 0) is 6.54 Å². The average molecular weight is 418 g/mol. The first-order valence-electron chi connectivity index (χ1n) is 9.26. The van der Waals surface area contributed by atoms with E-state index in [1.165, 1.54) is 0 Å². The number of hydrogen-bond donors (Lipinski definition) is 1. The minimum atomic E-state index is 0.131. The molecule has 0 spiro atoms. The van der Waals surface area contributed by atoms with Crippen molar-refractivity contribution in [2.45, 2.75) is 38.1 Å². The lowest BCUT2D eigenvalue weighted by Gasteiger charge is -2.15. The number of aromatic nitrogens is 4. The maximum atomic E-state index is 6.13. The summed E-state index contributed by atoms with van der Waals surface area (Å²) in [5, 5.41) is 17.0. The highest BCUT2D eigenvalue weighted by atomic mass is 35.5. The van der Waals surface area contributed by atoms with Crippen molar-refractivity contribution in [1.29, 1.82) is 0 Å². The zero-order valence-electron chi connectivity index (χ0n) is 16.0. The van der Waals surface area contributed by atoms with E-state index in [9.17, 15) is 0 Å². The molecule has 1 aromatic heterocycles. The number of ether oxygens (including phenoxy) is 1. The highest BCUT2D eigenvalue weighted by Gasteiger charge is 2.09. The summed E-state index contributed by atoms with van der Waals surface area (Å²) < 4.78 is 7.62. The molecule has 0 aliphatic carbocycles. The summed E-state index contributed by atoms with van der Waals surface area (Å²) in [5.41, 5.74) is 2.04. The molecule has 2 aromatic carbocycles. The molecule has 28 heavy (non-hydrogen) atoms. The zero-order valence-corrected chi connectivity index (χ0v) is 17.6. The molecule has 148 valence electrons. The molecule has 1 N–H and O–H groups in total. The lowest BCUT2D eigenvalue weighted by molar-refractivity contribution is 0.239. The van der Waals surface area contributed by atoms with E-state index in [4.69, 9.17) is 16.3 Å². The van der Waals surface area contributed by atoms with Gasteiger partial charge in [-0.2, -0.15) is 4.68 Å². The topological polar surface area (TPSA) is 64.9 Å². The zero-order chi connectivity index (χ0) is 19.8. The van der Waals surface area contributed by atoms with Crippen LogP contribution in [0.25, 0.3) is 5.69 Å². The van der Waals surface area contributed by atoms with Gasteiger partial charge >= 0.3 is 0 Å². The van der Waals surface area contributed by atoms with Crippen LogP contribution in [0.4, 0.5) is 0 Å². The number of rotatable bonds is 10. The molecule has 0 aliphatic heterocycles. The predicted octanol–water partition coefficient (Wildman–Crippen LogP) is 4.37. The summed E-state index contributed by atoms with van der Waals surface area (Å²) in [7, 11) is 0. The van der Waals surface area contributed by atoms with Crippen molar-refractivity contribution in [2.75, 3.05) is 12.3 Å². The standard InChI is InChI=1S/C20H24ClN5OS/c1-15(2)27-19-10-9-17(21)13-16(19)14-22-11-6-12-28-20-23-24-25-26(20)18-7-4-3-5-8-18/h3-5,7-10,13,15,22H,6,11-12,14H2,1-2H3. The van der Waals surface area contributed by atoms with Gasteiger partial charge < -0.3 is 10.1 Å². The normalized spacial score (nSPS) is 11.1. The summed E-state index contributed by atoms with van der Waals surface area (Å²) in [6, 6.07) is 15.6. The third-order valence-electron chi connectivity index (χ3n) is 3.87. The first kappa shape index (κ1) is 20.6. The van der Waals surface area contributed by atoms with Crippen LogP contribution in [0, 0.1) is 0 Å². The minimum absolute atomic E-state index is 0.131. The van der Waals surface area contributed by atoms with E-state index < -0.39 is 0 Å². The van der Waals surface area contributed by atoms with Gasteiger partial charge in [0.2, 0.25) is 5.16 Å². The molecule has 0 fully saturated rings. The molecule has 8 heteroatoms. The van der Waals surface area contributed by atoms with E-state index in [1.54, 1.807) is 16.4 Å². The second-order valence-electron chi connectivity index (χ2n) is 6.51. The SMILES string of the molecule is CC(C)Oc1ccc(Cl)cc1CNCCCSc1nnnn1-c1ccccc1. The van der Waals surface area contributed by atoms with Gasteiger partial charge in [0.15, 0.2) is 0 Å². The van der Waals surface area contributed by atoms with E-state index in [0.29, 0.717) is 0 Å². The quantitative estimate of drug-likeness (QED) is 0.390. The Balaban J connectivity index is 1.44. The maximum absolute atomic E-state index is 6.13. The van der Waals surface area contributed by atoms with Crippen LogP contribution in [0.5, 0.6) is 5.75 Å². The average Bonchev–Trinajstić information content (AvgIpc) is 3.15. The predicted molar refractivity (Wildman–Crippen MR) is 113 cm³/mol. The number of halogens is 1. The summed E-state index contributed by atoms with van der Waals surface area (Å²) in [6.07, 6.45) is 1.12. The molecule has 3 aromatic rings. The van der Waals surface area contributed by atoms with E-state index in [0.717, 1.165) is 52.4 Å². The Hall–Kier alpha value is -2.09. The van der Waals surface area contributed by atoms with Crippen molar-refractivity contribution in [1.82, 2.24) is 25.5 Å². The molecule has 0 atom stereocenters. The lowest BCUT2D eigenvalue weighted by Crippen LogP contribution is -2.17. The van der Waals surface area contributed by atoms with Crippen molar-refractivity contribution in [3.8, 4) is 11.4 Å². The van der Waals surface area contributed by atoms with Gasteiger partial charge in [-0.15, -0.1) is 5.10 Å². The molecule has 0 unspecified atom stereocenters. The van der Waals surface area contributed by atoms with Crippen LogP contribution in [-0.4, -0.2) is 38.6 Å². The van der Waals surface area contributed by atoms with Gasteiger partial charge in [-0.3, -0.25) is 0 Å². The van der Waals surface area contributed by atoms with Gasteiger partial charge in [-0.1, -0.05) is 41.6 Å². The Morgan fingerprint density at radius 1 is 1.18 bits per heavy atom. The fourth-order valence-electron chi connectivity index (χ4n) is 2.64. The second-order valence-corrected chi connectivity index (χ2v) is 8.00. The minimum Gasteiger partial charge on any atom is -0.491 e. The molecule has 0 saturated heterocycles. The molecule has 3 rings (SSSR count). The van der Waals surface area contributed by atoms with Crippen molar-refractivity contribution in [3.05, 3.63) is 59.1 Å². The van der Waals surface area contributed by atoms with Gasteiger partial charge in [0.25, 0.3) is 0 Å². The Kier molecular flexibility index (Phi) is 7.71. The molecular weight excluding hydrogens is 394 g/mol. The van der Waals surface area contributed by atoms with Crippen LogP contribution in [0.15, 0.2) is 53.7 Å². The van der Waals surface area contributed by atoms with Crippen molar-refractivity contribution in [2.24, 2.45) is 0 Å². The molecular formula is C20H24ClN5OS. The Morgan fingerprint density at radius 3 is 2.79 bits per heavy atom. The lowest BCUT2D eigenvalue weighted by atomic mass is 10.2. The van der Waals surface area contributed by atoms with Gasteiger partial charge in [0.1, 0.15) is 5.75 Å². The Bertz CT molecular complexity index is 872.